The first kappa shape index (κ1) is 9.28. The average molecular weight is 180 g/mol. The van der Waals surface area contributed by atoms with Crippen molar-refractivity contribution in [3.63, 3.8) is 0 Å². The van der Waals surface area contributed by atoms with E-state index in [1.165, 1.54) is 0 Å². The molecule has 0 bridgehead atoms. The highest BCUT2D eigenvalue weighted by Crippen LogP contribution is 2.31. The molecule has 0 saturated carbocycles. The first-order chi connectivity index (χ1) is 5.43. The lowest BCUT2D eigenvalue weighted by atomic mass is 9.99. The lowest BCUT2D eigenvalue weighted by Crippen LogP contribution is -2.34. The first-order valence-electron chi connectivity index (χ1n) is 3.24. The second-order valence-corrected chi connectivity index (χ2v) is 2.44. The fourth-order valence-electron chi connectivity index (χ4n) is 0.923. The van der Waals surface area contributed by atoms with E-state index in [9.17, 15) is 13.2 Å². The quantitative estimate of drug-likeness (QED) is 0.578. The molecule has 0 radical (unpaired) electrons. The van der Waals surface area contributed by atoms with E-state index in [1.54, 1.807) is 0 Å². The zero-order valence-corrected chi connectivity index (χ0v) is 5.92. The van der Waals surface area contributed by atoms with Crippen molar-refractivity contribution in [2.24, 2.45) is 0 Å². The molecule has 5 heteroatoms. The van der Waals surface area contributed by atoms with Crippen molar-refractivity contribution in [2.45, 2.75) is 18.4 Å². The minimum atomic E-state index is -4.58. The topological polar surface area (TPSA) is 40.5 Å². The summed E-state index contributed by atoms with van der Waals surface area (Å²) in [5, 5.41) is 17.7. The highest BCUT2D eigenvalue weighted by atomic mass is 19.4. The molecule has 0 fully saturated rings. The molecule has 2 atom stereocenters. The van der Waals surface area contributed by atoms with Crippen molar-refractivity contribution >= 4 is 0 Å². The first-order valence-corrected chi connectivity index (χ1v) is 3.24. The summed E-state index contributed by atoms with van der Waals surface area (Å²) in [6.07, 6.45) is -5.00. The fourth-order valence-corrected chi connectivity index (χ4v) is 0.923. The number of allylic oxidation sites excluding steroid dienone is 2. The van der Waals surface area contributed by atoms with Crippen LogP contribution in [0.3, 0.4) is 0 Å². The maximum atomic E-state index is 12.0. The van der Waals surface area contributed by atoms with Gasteiger partial charge in [0.05, 0.1) is 5.57 Å². The molecule has 0 aromatic heterocycles. The normalized spacial score (nSPS) is 30.2. The third-order valence-corrected chi connectivity index (χ3v) is 1.55. The molecule has 0 amide bonds. The van der Waals surface area contributed by atoms with Crippen molar-refractivity contribution < 1.29 is 23.4 Å². The van der Waals surface area contributed by atoms with Crippen LogP contribution in [0.25, 0.3) is 0 Å². The summed E-state index contributed by atoms with van der Waals surface area (Å²) in [5.41, 5.74) is -1.11. The second-order valence-electron chi connectivity index (χ2n) is 2.44. The molecular formula is C7H7F3O2. The Morgan fingerprint density at radius 1 is 1.25 bits per heavy atom. The largest absolute Gasteiger partial charge is 0.415 e. The van der Waals surface area contributed by atoms with Crippen molar-refractivity contribution in [3.8, 4) is 0 Å². The Balaban J connectivity index is 2.90. The molecule has 0 unspecified atom stereocenters. The SMILES string of the molecule is O[C@@H]1C=CC=C(C(F)(F)F)[C@H]1O. The molecular weight excluding hydrogens is 173 g/mol. The number of alkyl halides is 3. The van der Waals surface area contributed by atoms with E-state index in [0.717, 1.165) is 18.2 Å². The maximum absolute atomic E-state index is 12.0. The van der Waals surface area contributed by atoms with Crippen LogP contribution in [0.15, 0.2) is 23.8 Å². The van der Waals surface area contributed by atoms with Crippen LogP contribution in [0.1, 0.15) is 0 Å². The van der Waals surface area contributed by atoms with Crippen LogP contribution in [0.4, 0.5) is 13.2 Å². The van der Waals surface area contributed by atoms with Gasteiger partial charge < -0.3 is 10.2 Å². The summed E-state index contributed by atoms with van der Waals surface area (Å²) < 4.78 is 36.0. The van der Waals surface area contributed by atoms with E-state index in [-0.39, 0.29) is 0 Å². The standard InChI is InChI=1S/C7H7F3O2/c8-7(9,10)4-2-1-3-5(11)6(4)12/h1-3,5-6,11-12H/t5-,6-/m1/s1. The summed E-state index contributed by atoms with van der Waals surface area (Å²) in [6, 6.07) is 0. The third kappa shape index (κ3) is 1.67. The van der Waals surface area contributed by atoms with Gasteiger partial charge in [0, 0.05) is 0 Å². The van der Waals surface area contributed by atoms with E-state index >= 15 is 0 Å². The molecule has 12 heavy (non-hydrogen) atoms. The molecule has 1 aliphatic carbocycles. The molecule has 1 rings (SSSR count). The van der Waals surface area contributed by atoms with Crippen molar-refractivity contribution in [1.29, 1.82) is 0 Å². The van der Waals surface area contributed by atoms with Gasteiger partial charge in [-0.25, -0.2) is 0 Å². The van der Waals surface area contributed by atoms with E-state index in [2.05, 4.69) is 0 Å². The number of aliphatic hydroxyl groups excluding tert-OH is 2. The highest BCUT2D eigenvalue weighted by molar-refractivity contribution is 5.28. The van der Waals surface area contributed by atoms with E-state index in [4.69, 9.17) is 10.2 Å². The second kappa shape index (κ2) is 2.91. The molecule has 68 valence electrons. The Bertz CT molecular complexity index is 229. The summed E-state index contributed by atoms with van der Waals surface area (Å²) >= 11 is 0. The van der Waals surface area contributed by atoms with Gasteiger partial charge in [-0.2, -0.15) is 13.2 Å². The Labute approximate surface area is 66.6 Å². The zero-order chi connectivity index (χ0) is 9.35. The molecule has 0 spiro atoms. The molecule has 0 aromatic rings. The number of hydrogen-bond donors (Lipinski definition) is 2. The van der Waals surface area contributed by atoms with Gasteiger partial charge in [0.25, 0.3) is 0 Å². The van der Waals surface area contributed by atoms with Gasteiger partial charge in [0.1, 0.15) is 12.2 Å². The Hall–Kier alpha value is -0.810. The molecule has 2 nitrogen and oxygen atoms in total. The van der Waals surface area contributed by atoms with Gasteiger partial charge in [-0.1, -0.05) is 18.2 Å². The van der Waals surface area contributed by atoms with Crippen LogP contribution < -0.4 is 0 Å². The van der Waals surface area contributed by atoms with Crippen molar-refractivity contribution in [3.05, 3.63) is 23.8 Å². The smallest absolute Gasteiger partial charge is 0.386 e. The van der Waals surface area contributed by atoms with Crippen LogP contribution in [0.5, 0.6) is 0 Å². The van der Waals surface area contributed by atoms with Gasteiger partial charge in [0.15, 0.2) is 0 Å². The molecule has 0 aliphatic heterocycles. The third-order valence-electron chi connectivity index (χ3n) is 1.55. The summed E-state index contributed by atoms with van der Waals surface area (Å²) in [5.74, 6) is 0. The van der Waals surface area contributed by atoms with Crippen LogP contribution in [0, 0.1) is 0 Å². The van der Waals surface area contributed by atoms with Gasteiger partial charge >= 0.3 is 6.18 Å². The summed E-state index contributed by atoms with van der Waals surface area (Å²) in [7, 11) is 0. The number of hydrogen-bond acceptors (Lipinski definition) is 2. The molecule has 0 heterocycles. The van der Waals surface area contributed by atoms with Gasteiger partial charge in [-0.05, 0) is 0 Å². The summed E-state index contributed by atoms with van der Waals surface area (Å²) in [6.45, 7) is 0. The maximum Gasteiger partial charge on any atom is 0.415 e. The van der Waals surface area contributed by atoms with Crippen molar-refractivity contribution in [2.75, 3.05) is 0 Å². The molecule has 0 saturated heterocycles. The Morgan fingerprint density at radius 2 is 1.83 bits per heavy atom. The molecule has 2 N–H and O–H groups in total. The van der Waals surface area contributed by atoms with Gasteiger partial charge in [-0.15, -0.1) is 0 Å². The monoisotopic (exact) mass is 180 g/mol. The number of aliphatic hydroxyl groups is 2. The minimum absolute atomic E-state index is 0.747. The van der Waals surface area contributed by atoms with E-state index in [0.29, 0.717) is 0 Å². The Morgan fingerprint density at radius 3 is 2.25 bits per heavy atom. The van der Waals surface area contributed by atoms with Crippen LogP contribution in [-0.4, -0.2) is 28.6 Å². The predicted molar refractivity (Wildman–Crippen MR) is 35.3 cm³/mol. The van der Waals surface area contributed by atoms with E-state index in [1.807, 2.05) is 0 Å². The molecule has 0 aromatic carbocycles. The minimum Gasteiger partial charge on any atom is -0.386 e. The van der Waals surface area contributed by atoms with Crippen LogP contribution in [-0.2, 0) is 0 Å². The van der Waals surface area contributed by atoms with Crippen molar-refractivity contribution in [1.82, 2.24) is 0 Å². The van der Waals surface area contributed by atoms with E-state index < -0.39 is 24.0 Å². The number of halogens is 3. The molecule has 1 aliphatic rings. The zero-order valence-electron chi connectivity index (χ0n) is 5.92. The van der Waals surface area contributed by atoms with Gasteiger partial charge in [0.2, 0.25) is 0 Å². The number of rotatable bonds is 0. The predicted octanol–water partition coefficient (Wildman–Crippen LogP) is 0.767. The Kier molecular flexibility index (Phi) is 2.25. The lowest BCUT2D eigenvalue weighted by Gasteiger charge is -2.22. The van der Waals surface area contributed by atoms with Crippen LogP contribution >= 0.6 is 0 Å². The van der Waals surface area contributed by atoms with Gasteiger partial charge in [-0.3, -0.25) is 0 Å². The average Bonchev–Trinajstić information content (AvgIpc) is 1.92. The van der Waals surface area contributed by atoms with Crippen LogP contribution in [0.2, 0.25) is 0 Å². The summed E-state index contributed by atoms with van der Waals surface area (Å²) in [4.78, 5) is 0. The fraction of sp³-hybridized carbons (Fsp3) is 0.429. The highest BCUT2D eigenvalue weighted by Gasteiger charge is 2.40. The lowest BCUT2D eigenvalue weighted by molar-refractivity contribution is -0.112.